The number of aromatic nitrogens is 1. The third kappa shape index (κ3) is 3.11. The number of piperidine rings is 1. The second kappa shape index (κ2) is 5.53. The molecule has 1 unspecified atom stereocenters. The Kier molecular flexibility index (Phi) is 4.18. The Labute approximate surface area is 113 Å². The molecule has 0 bridgehead atoms. The van der Waals surface area contributed by atoms with Gasteiger partial charge in [0, 0.05) is 24.8 Å². The molecule has 19 heavy (non-hydrogen) atoms. The SMILES string of the molecule is Fc1c(CCl)ccnc1N1CCCC(C(F)(F)F)C1. The number of hydrogen-bond donors (Lipinski definition) is 0. The topological polar surface area (TPSA) is 16.1 Å². The maximum atomic E-state index is 14.0. The number of alkyl halides is 4. The first-order valence-corrected chi connectivity index (χ1v) is 6.48. The van der Waals surface area contributed by atoms with E-state index in [9.17, 15) is 17.6 Å². The lowest BCUT2D eigenvalue weighted by atomic mass is 9.97. The van der Waals surface area contributed by atoms with Crippen molar-refractivity contribution in [3.8, 4) is 0 Å². The quantitative estimate of drug-likeness (QED) is 0.610. The van der Waals surface area contributed by atoms with Crippen molar-refractivity contribution in [1.29, 1.82) is 0 Å². The van der Waals surface area contributed by atoms with Crippen LogP contribution in [0.15, 0.2) is 12.3 Å². The zero-order valence-electron chi connectivity index (χ0n) is 10.1. The van der Waals surface area contributed by atoms with E-state index in [-0.39, 0.29) is 30.2 Å². The van der Waals surface area contributed by atoms with E-state index in [1.807, 2.05) is 0 Å². The van der Waals surface area contributed by atoms with E-state index in [0.717, 1.165) is 0 Å². The fourth-order valence-corrected chi connectivity index (χ4v) is 2.44. The first-order valence-electron chi connectivity index (χ1n) is 5.94. The maximum absolute atomic E-state index is 14.0. The van der Waals surface area contributed by atoms with E-state index in [4.69, 9.17) is 11.6 Å². The minimum atomic E-state index is -4.25. The van der Waals surface area contributed by atoms with Gasteiger partial charge in [0.2, 0.25) is 0 Å². The van der Waals surface area contributed by atoms with E-state index in [1.165, 1.54) is 17.2 Å². The molecule has 1 atom stereocenters. The molecule has 1 saturated heterocycles. The number of pyridine rings is 1. The van der Waals surface area contributed by atoms with Crippen LogP contribution < -0.4 is 4.90 Å². The van der Waals surface area contributed by atoms with Gasteiger partial charge in [-0.05, 0) is 18.9 Å². The summed E-state index contributed by atoms with van der Waals surface area (Å²) in [5, 5.41) is 0. The highest BCUT2D eigenvalue weighted by molar-refractivity contribution is 6.17. The molecule has 2 nitrogen and oxygen atoms in total. The van der Waals surface area contributed by atoms with E-state index in [0.29, 0.717) is 13.0 Å². The monoisotopic (exact) mass is 296 g/mol. The Morgan fingerprint density at radius 1 is 1.42 bits per heavy atom. The molecule has 0 saturated carbocycles. The molecule has 1 aromatic rings. The van der Waals surface area contributed by atoms with Crippen molar-refractivity contribution in [3.05, 3.63) is 23.6 Å². The first kappa shape index (κ1) is 14.4. The lowest BCUT2D eigenvalue weighted by Crippen LogP contribution is -2.42. The summed E-state index contributed by atoms with van der Waals surface area (Å²) in [6, 6.07) is 1.43. The fourth-order valence-electron chi connectivity index (χ4n) is 2.23. The standard InChI is InChI=1S/C12H13ClF4N2/c13-6-8-3-4-18-11(10(8)14)19-5-1-2-9(7-19)12(15,16)17/h3-4,9H,1-2,5-7H2. The molecular formula is C12H13ClF4N2. The Morgan fingerprint density at radius 2 is 2.16 bits per heavy atom. The Balaban J connectivity index is 2.22. The van der Waals surface area contributed by atoms with Crippen LogP contribution in [0.5, 0.6) is 0 Å². The van der Waals surface area contributed by atoms with Crippen molar-refractivity contribution in [1.82, 2.24) is 4.98 Å². The normalized spacial score (nSPS) is 20.7. The molecule has 1 aliphatic heterocycles. The van der Waals surface area contributed by atoms with Gasteiger partial charge in [-0.1, -0.05) is 0 Å². The number of anilines is 1. The lowest BCUT2D eigenvalue weighted by molar-refractivity contribution is -0.176. The van der Waals surface area contributed by atoms with Crippen LogP contribution in [0.2, 0.25) is 0 Å². The average Bonchev–Trinajstić information content (AvgIpc) is 2.38. The van der Waals surface area contributed by atoms with Crippen molar-refractivity contribution in [2.24, 2.45) is 5.92 Å². The summed E-state index contributed by atoms with van der Waals surface area (Å²) in [4.78, 5) is 5.21. The van der Waals surface area contributed by atoms with Crippen LogP contribution in [0, 0.1) is 11.7 Å². The summed E-state index contributed by atoms with van der Waals surface area (Å²) >= 11 is 5.58. The molecule has 1 aliphatic rings. The second-order valence-corrected chi connectivity index (χ2v) is 4.84. The minimum absolute atomic E-state index is 0.0299. The van der Waals surface area contributed by atoms with Crippen LogP contribution in [0.1, 0.15) is 18.4 Å². The van der Waals surface area contributed by atoms with Gasteiger partial charge in [0.05, 0.1) is 11.8 Å². The maximum Gasteiger partial charge on any atom is 0.393 e. The van der Waals surface area contributed by atoms with Crippen LogP contribution >= 0.6 is 11.6 Å². The zero-order chi connectivity index (χ0) is 14.0. The van der Waals surface area contributed by atoms with Gasteiger partial charge in [0.25, 0.3) is 0 Å². The number of hydrogen-bond acceptors (Lipinski definition) is 2. The number of rotatable bonds is 2. The molecule has 0 spiro atoms. The van der Waals surface area contributed by atoms with Crippen LogP contribution in [-0.2, 0) is 5.88 Å². The van der Waals surface area contributed by atoms with Crippen molar-refractivity contribution in [3.63, 3.8) is 0 Å². The molecule has 1 fully saturated rings. The summed E-state index contributed by atoms with van der Waals surface area (Å²) < 4.78 is 52.2. The van der Waals surface area contributed by atoms with Gasteiger partial charge in [-0.3, -0.25) is 0 Å². The van der Waals surface area contributed by atoms with Gasteiger partial charge in [0.15, 0.2) is 11.6 Å². The first-order chi connectivity index (χ1) is 8.93. The predicted molar refractivity (Wildman–Crippen MR) is 64.7 cm³/mol. The molecule has 0 aromatic carbocycles. The number of nitrogens with zero attached hydrogens (tertiary/aromatic N) is 2. The van der Waals surface area contributed by atoms with Gasteiger partial charge in [0.1, 0.15) is 0 Å². The van der Waals surface area contributed by atoms with E-state index >= 15 is 0 Å². The molecule has 0 aliphatic carbocycles. The summed E-state index contributed by atoms with van der Waals surface area (Å²) in [5.41, 5.74) is 0.251. The Bertz CT molecular complexity index is 450. The molecule has 0 amide bonds. The highest BCUT2D eigenvalue weighted by Crippen LogP contribution is 2.35. The molecule has 2 heterocycles. The van der Waals surface area contributed by atoms with Crippen LogP contribution in [-0.4, -0.2) is 24.2 Å². The van der Waals surface area contributed by atoms with Crippen molar-refractivity contribution >= 4 is 17.4 Å². The summed E-state index contributed by atoms with van der Waals surface area (Å²) in [5.74, 6) is -2.12. The highest BCUT2D eigenvalue weighted by atomic mass is 35.5. The predicted octanol–water partition coefficient (Wildman–Crippen LogP) is 3.74. The average molecular weight is 297 g/mol. The fraction of sp³-hybridized carbons (Fsp3) is 0.583. The lowest BCUT2D eigenvalue weighted by Gasteiger charge is -2.34. The molecule has 106 valence electrons. The summed E-state index contributed by atoms with van der Waals surface area (Å²) in [6.07, 6.45) is -2.43. The van der Waals surface area contributed by atoms with Gasteiger partial charge >= 0.3 is 6.18 Å². The third-order valence-corrected chi connectivity index (χ3v) is 3.57. The van der Waals surface area contributed by atoms with Crippen LogP contribution in [0.25, 0.3) is 0 Å². The van der Waals surface area contributed by atoms with Gasteiger partial charge in [-0.2, -0.15) is 13.2 Å². The molecule has 7 heteroatoms. The van der Waals surface area contributed by atoms with Gasteiger partial charge in [-0.15, -0.1) is 11.6 Å². The van der Waals surface area contributed by atoms with E-state index in [2.05, 4.69) is 4.98 Å². The Morgan fingerprint density at radius 3 is 2.79 bits per heavy atom. The van der Waals surface area contributed by atoms with Gasteiger partial charge in [-0.25, -0.2) is 9.37 Å². The molecular weight excluding hydrogens is 284 g/mol. The van der Waals surface area contributed by atoms with Gasteiger partial charge < -0.3 is 4.90 Å². The second-order valence-electron chi connectivity index (χ2n) is 4.57. The van der Waals surface area contributed by atoms with Crippen LogP contribution in [0.4, 0.5) is 23.4 Å². The summed E-state index contributed by atoms with van der Waals surface area (Å²) in [6.45, 7) is 0.126. The van der Waals surface area contributed by atoms with Crippen molar-refractivity contribution in [2.75, 3.05) is 18.0 Å². The van der Waals surface area contributed by atoms with Crippen molar-refractivity contribution < 1.29 is 17.6 Å². The van der Waals surface area contributed by atoms with E-state index < -0.39 is 17.9 Å². The highest BCUT2D eigenvalue weighted by Gasteiger charge is 2.42. The van der Waals surface area contributed by atoms with E-state index in [1.54, 1.807) is 0 Å². The largest absolute Gasteiger partial charge is 0.393 e. The van der Waals surface area contributed by atoms with Crippen LogP contribution in [0.3, 0.4) is 0 Å². The Hall–Kier alpha value is -1.04. The molecule has 0 radical (unpaired) electrons. The summed E-state index contributed by atoms with van der Waals surface area (Å²) in [7, 11) is 0. The molecule has 2 rings (SSSR count). The zero-order valence-corrected chi connectivity index (χ0v) is 10.8. The third-order valence-electron chi connectivity index (χ3n) is 3.28. The number of halogens is 5. The van der Waals surface area contributed by atoms with Crippen molar-refractivity contribution in [2.45, 2.75) is 24.9 Å². The smallest absolute Gasteiger partial charge is 0.354 e. The molecule has 0 N–H and O–H groups in total. The molecule has 1 aromatic heterocycles. The minimum Gasteiger partial charge on any atom is -0.354 e.